The number of aromatic nitrogens is 2. The Morgan fingerprint density at radius 3 is 2.64 bits per heavy atom. The van der Waals surface area contributed by atoms with Gasteiger partial charge in [0.15, 0.2) is 0 Å². The smallest absolute Gasteiger partial charge is 0.258 e. The third kappa shape index (κ3) is 3.07. The first-order chi connectivity index (χ1) is 10.5. The van der Waals surface area contributed by atoms with Gasteiger partial charge < -0.3 is 0 Å². The molecule has 0 aliphatic carbocycles. The lowest BCUT2D eigenvalue weighted by Gasteiger charge is -2.08. The molecule has 112 valence electrons. The molecule has 3 nitrogen and oxygen atoms in total. The first-order valence-electron chi connectivity index (χ1n) is 7.22. The highest BCUT2D eigenvalue weighted by molar-refractivity contribution is 7.98. The van der Waals surface area contributed by atoms with E-state index in [2.05, 4.69) is 37.0 Å². The molecule has 0 N–H and O–H groups in total. The van der Waals surface area contributed by atoms with Gasteiger partial charge in [-0.15, -0.1) is 11.8 Å². The molecule has 0 aliphatic heterocycles. The lowest BCUT2D eigenvalue weighted by atomic mass is 10.2. The topological polar surface area (TPSA) is 34.4 Å². The highest BCUT2D eigenvalue weighted by Crippen LogP contribution is 2.26. The van der Waals surface area contributed by atoms with E-state index in [9.17, 15) is 4.79 Å². The van der Waals surface area contributed by atoms with E-state index in [1.54, 1.807) is 22.2 Å². The van der Waals surface area contributed by atoms with Gasteiger partial charge in [0.05, 0.1) is 5.69 Å². The second kappa shape index (κ2) is 5.97. The highest BCUT2D eigenvalue weighted by Gasteiger charge is 2.05. The van der Waals surface area contributed by atoms with Gasteiger partial charge in [-0.3, -0.25) is 9.20 Å². The summed E-state index contributed by atoms with van der Waals surface area (Å²) in [6, 6.07) is 11.9. The zero-order valence-corrected chi connectivity index (χ0v) is 13.8. The highest BCUT2D eigenvalue weighted by atomic mass is 32.2. The zero-order chi connectivity index (χ0) is 15.7. The van der Waals surface area contributed by atoms with Crippen molar-refractivity contribution in [2.75, 3.05) is 0 Å². The number of rotatable bonds is 3. The number of nitrogens with zero attached hydrogens (tertiary/aromatic N) is 2. The normalized spacial score (nSPS) is 11.0. The summed E-state index contributed by atoms with van der Waals surface area (Å²) in [5.74, 6) is 0.698. The molecule has 0 amide bonds. The summed E-state index contributed by atoms with van der Waals surface area (Å²) in [4.78, 5) is 18.0. The summed E-state index contributed by atoms with van der Waals surface area (Å²) in [5, 5.41) is 0. The molecule has 0 radical (unpaired) electrons. The molecule has 1 aromatic carbocycles. The van der Waals surface area contributed by atoms with Crippen molar-refractivity contribution in [3.63, 3.8) is 0 Å². The van der Waals surface area contributed by atoms with Crippen LogP contribution in [0.5, 0.6) is 0 Å². The van der Waals surface area contributed by atoms with Gasteiger partial charge in [-0.05, 0) is 44.0 Å². The van der Waals surface area contributed by atoms with Crippen molar-refractivity contribution in [2.24, 2.45) is 0 Å². The molecule has 0 aliphatic rings. The molecule has 0 atom stereocenters. The zero-order valence-electron chi connectivity index (χ0n) is 13.0. The van der Waals surface area contributed by atoms with Crippen molar-refractivity contribution < 1.29 is 0 Å². The molecule has 0 saturated heterocycles. The molecule has 0 spiro atoms. The number of thioether (sulfide) groups is 1. The maximum absolute atomic E-state index is 12.2. The average molecular weight is 310 g/mol. The van der Waals surface area contributed by atoms with Crippen LogP contribution in [0.15, 0.2) is 52.3 Å². The van der Waals surface area contributed by atoms with Crippen LogP contribution in [0, 0.1) is 20.8 Å². The standard InChI is InChI=1S/C18H18N2OS/c1-12-4-6-14(3)16(8-12)22-11-15-9-18(21)20-10-13(2)5-7-17(20)19-15/h4-10H,11H2,1-3H3. The molecule has 3 aromatic rings. The van der Waals surface area contributed by atoms with Gasteiger partial charge in [-0.2, -0.15) is 0 Å². The first kappa shape index (κ1) is 14.9. The maximum atomic E-state index is 12.2. The van der Waals surface area contributed by atoms with E-state index in [0.29, 0.717) is 11.4 Å². The van der Waals surface area contributed by atoms with Crippen LogP contribution in [0.2, 0.25) is 0 Å². The van der Waals surface area contributed by atoms with Crippen LogP contribution in [0.25, 0.3) is 5.65 Å². The van der Waals surface area contributed by atoms with E-state index in [4.69, 9.17) is 0 Å². The number of fused-ring (bicyclic) bond motifs is 1. The maximum Gasteiger partial charge on any atom is 0.258 e. The van der Waals surface area contributed by atoms with Crippen LogP contribution in [0.4, 0.5) is 0 Å². The molecule has 2 heterocycles. The summed E-state index contributed by atoms with van der Waals surface area (Å²) in [6.07, 6.45) is 1.83. The fourth-order valence-electron chi connectivity index (χ4n) is 2.35. The first-order valence-corrected chi connectivity index (χ1v) is 8.20. The van der Waals surface area contributed by atoms with Crippen LogP contribution in [0.1, 0.15) is 22.4 Å². The lowest BCUT2D eigenvalue weighted by Crippen LogP contribution is -2.15. The third-order valence-corrected chi connectivity index (χ3v) is 4.77. The Hall–Kier alpha value is -2.07. The van der Waals surface area contributed by atoms with Crippen molar-refractivity contribution in [1.29, 1.82) is 0 Å². The molecule has 3 rings (SSSR count). The Labute approximate surface area is 134 Å². The lowest BCUT2D eigenvalue weighted by molar-refractivity contribution is 1.00. The van der Waals surface area contributed by atoms with Crippen molar-refractivity contribution in [2.45, 2.75) is 31.4 Å². The number of hydrogen-bond acceptors (Lipinski definition) is 3. The molecular formula is C18H18N2OS. The minimum absolute atomic E-state index is 0.0229. The van der Waals surface area contributed by atoms with Gasteiger partial charge >= 0.3 is 0 Å². The number of hydrogen-bond donors (Lipinski definition) is 0. The van der Waals surface area contributed by atoms with E-state index in [-0.39, 0.29) is 5.56 Å². The average Bonchev–Trinajstić information content (AvgIpc) is 2.49. The molecule has 0 fully saturated rings. The molecule has 0 bridgehead atoms. The van der Waals surface area contributed by atoms with E-state index in [1.807, 2.05) is 25.3 Å². The molecule has 0 unspecified atom stereocenters. The quantitative estimate of drug-likeness (QED) is 0.688. The van der Waals surface area contributed by atoms with Crippen molar-refractivity contribution >= 4 is 17.4 Å². The summed E-state index contributed by atoms with van der Waals surface area (Å²) in [6.45, 7) is 6.16. The van der Waals surface area contributed by atoms with Gasteiger partial charge in [0.25, 0.3) is 5.56 Å². The number of pyridine rings is 1. The van der Waals surface area contributed by atoms with Crippen LogP contribution >= 0.6 is 11.8 Å². The van der Waals surface area contributed by atoms with E-state index >= 15 is 0 Å². The second-order valence-electron chi connectivity index (χ2n) is 5.58. The molecule has 2 aromatic heterocycles. The molecule has 0 saturated carbocycles. The number of benzene rings is 1. The Balaban J connectivity index is 1.90. The van der Waals surface area contributed by atoms with Gasteiger partial charge in [-0.25, -0.2) is 4.98 Å². The Kier molecular flexibility index (Phi) is 4.03. The number of aryl methyl sites for hydroxylation is 3. The third-order valence-electron chi connectivity index (χ3n) is 3.58. The van der Waals surface area contributed by atoms with Gasteiger partial charge in [0.2, 0.25) is 0 Å². The van der Waals surface area contributed by atoms with Gasteiger partial charge in [-0.1, -0.05) is 23.8 Å². The van der Waals surface area contributed by atoms with Crippen molar-refractivity contribution in [3.8, 4) is 0 Å². The van der Waals surface area contributed by atoms with E-state index < -0.39 is 0 Å². The summed E-state index contributed by atoms with van der Waals surface area (Å²) in [7, 11) is 0. The van der Waals surface area contributed by atoms with Gasteiger partial charge in [0, 0.05) is 22.9 Å². The predicted octanol–water partition coefficient (Wildman–Crippen LogP) is 3.91. The fourth-order valence-corrected chi connectivity index (χ4v) is 3.36. The second-order valence-corrected chi connectivity index (χ2v) is 6.60. The van der Waals surface area contributed by atoms with E-state index in [1.165, 1.54) is 16.0 Å². The minimum atomic E-state index is -0.0229. The monoisotopic (exact) mass is 310 g/mol. The molecule has 4 heteroatoms. The molecular weight excluding hydrogens is 292 g/mol. The summed E-state index contributed by atoms with van der Waals surface area (Å²) < 4.78 is 1.60. The fraction of sp³-hybridized carbons (Fsp3) is 0.222. The van der Waals surface area contributed by atoms with Crippen LogP contribution in [0.3, 0.4) is 0 Å². The van der Waals surface area contributed by atoms with Crippen LogP contribution in [-0.2, 0) is 5.75 Å². The minimum Gasteiger partial charge on any atom is -0.269 e. The van der Waals surface area contributed by atoms with Crippen LogP contribution in [-0.4, -0.2) is 9.38 Å². The van der Waals surface area contributed by atoms with Crippen molar-refractivity contribution in [1.82, 2.24) is 9.38 Å². The Bertz CT molecular complexity index is 899. The molecule has 22 heavy (non-hydrogen) atoms. The predicted molar refractivity (Wildman–Crippen MR) is 91.7 cm³/mol. The summed E-state index contributed by atoms with van der Waals surface area (Å²) in [5.41, 5.74) is 5.05. The van der Waals surface area contributed by atoms with Crippen LogP contribution < -0.4 is 5.56 Å². The van der Waals surface area contributed by atoms with Crippen molar-refractivity contribution in [3.05, 3.63) is 75.3 Å². The van der Waals surface area contributed by atoms with E-state index in [0.717, 1.165) is 11.3 Å². The summed E-state index contributed by atoms with van der Waals surface area (Å²) >= 11 is 1.72. The largest absolute Gasteiger partial charge is 0.269 e. The Morgan fingerprint density at radius 2 is 1.82 bits per heavy atom. The Morgan fingerprint density at radius 1 is 1.05 bits per heavy atom. The SMILES string of the molecule is Cc1ccc(C)c(SCc2cc(=O)n3cc(C)ccc3n2)c1. The van der Waals surface area contributed by atoms with Gasteiger partial charge in [0.1, 0.15) is 5.65 Å².